The van der Waals surface area contributed by atoms with Crippen molar-refractivity contribution in [1.29, 1.82) is 0 Å². The Balaban J connectivity index is 1.97. The number of nitrogens with zero attached hydrogens (tertiary/aromatic N) is 1. The summed E-state index contributed by atoms with van der Waals surface area (Å²) < 4.78 is 5.31. The molecule has 0 aromatic heterocycles. The number of ketones is 1. The van der Waals surface area contributed by atoms with Gasteiger partial charge in [0.25, 0.3) is 5.69 Å². The molecule has 0 amide bonds. The average Bonchev–Trinajstić information content (AvgIpc) is 2.46. The number of halogens is 1. The summed E-state index contributed by atoms with van der Waals surface area (Å²) in [5.41, 5.74) is 0.310. The van der Waals surface area contributed by atoms with Gasteiger partial charge in [0.2, 0.25) is 0 Å². The van der Waals surface area contributed by atoms with Crippen molar-refractivity contribution in [3.63, 3.8) is 0 Å². The van der Waals surface area contributed by atoms with Crippen molar-refractivity contribution in [3.05, 3.63) is 69.2 Å². The molecular weight excluding hydrogens is 282 g/mol. The lowest BCUT2D eigenvalue weighted by atomic mass is 10.1. The van der Waals surface area contributed by atoms with Gasteiger partial charge in [0.1, 0.15) is 5.75 Å². The molecule has 0 radical (unpaired) electrons. The van der Waals surface area contributed by atoms with Crippen LogP contribution < -0.4 is 4.74 Å². The number of carbonyl (C=O) groups is 1. The van der Waals surface area contributed by atoms with E-state index in [1.54, 1.807) is 24.3 Å². The molecule has 20 heavy (non-hydrogen) atoms. The van der Waals surface area contributed by atoms with E-state index in [2.05, 4.69) is 0 Å². The summed E-state index contributed by atoms with van der Waals surface area (Å²) in [6.07, 6.45) is 0. The minimum absolute atomic E-state index is 0.0554. The third kappa shape index (κ3) is 3.55. The van der Waals surface area contributed by atoms with E-state index in [0.29, 0.717) is 16.3 Å². The van der Waals surface area contributed by atoms with Crippen molar-refractivity contribution in [2.75, 3.05) is 6.61 Å². The van der Waals surface area contributed by atoms with Gasteiger partial charge in [-0.3, -0.25) is 14.9 Å². The Hall–Kier alpha value is -2.40. The molecule has 102 valence electrons. The largest absolute Gasteiger partial charge is 0.485 e. The van der Waals surface area contributed by atoms with E-state index < -0.39 is 4.92 Å². The van der Waals surface area contributed by atoms with E-state index in [4.69, 9.17) is 16.3 Å². The summed E-state index contributed by atoms with van der Waals surface area (Å²) in [7, 11) is 0. The zero-order valence-corrected chi connectivity index (χ0v) is 11.0. The van der Waals surface area contributed by atoms with Gasteiger partial charge in [-0.05, 0) is 36.4 Å². The summed E-state index contributed by atoms with van der Waals surface area (Å²) >= 11 is 5.73. The van der Waals surface area contributed by atoms with Crippen LogP contribution in [0.25, 0.3) is 0 Å². The fraction of sp³-hybridized carbons (Fsp3) is 0.0714. The predicted molar refractivity (Wildman–Crippen MR) is 74.4 cm³/mol. The van der Waals surface area contributed by atoms with Crippen LogP contribution in [0, 0.1) is 10.1 Å². The van der Waals surface area contributed by atoms with E-state index in [0.717, 1.165) is 0 Å². The monoisotopic (exact) mass is 291 g/mol. The molecule has 2 rings (SSSR count). The molecule has 0 unspecified atom stereocenters. The second-order valence-corrected chi connectivity index (χ2v) is 4.41. The van der Waals surface area contributed by atoms with Crippen LogP contribution >= 0.6 is 11.6 Å². The number of ether oxygens (including phenoxy) is 1. The van der Waals surface area contributed by atoms with Gasteiger partial charge in [-0.15, -0.1) is 0 Å². The maximum Gasteiger partial charge on any atom is 0.269 e. The molecule has 0 bridgehead atoms. The molecule has 0 fully saturated rings. The first-order valence-electron chi connectivity index (χ1n) is 5.72. The lowest BCUT2D eigenvalue weighted by Crippen LogP contribution is -2.11. The molecule has 0 saturated carbocycles. The van der Waals surface area contributed by atoms with Crippen LogP contribution in [0.4, 0.5) is 5.69 Å². The summed E-state index contributed by atoms with van der Waals surface area (Å²) in [5.74, 6) is 0.277. The van der Waals surface area contributed by atoms with Gasteiger partial charge in [-0.2, -0.15) is 0 Å². The topological polar surface area (TPSA) is 69.4 Å². The van der Waals surface area contributed by atoms with Crippen LogP contribution in [0.1, 0.15) is 10.4 Å². The highest BCUT2D eigenvalue weighted by Crippen LogP contribution is 2.16. The lowest BCUT2D eigenvalue weighted by Gasteiger charge is -2.05. The number of nitro benzene ring substituents is 1. The van der Waals surface area contributed by atoms with Gasteiger partial charge < -0.3 is 4.74 Å². The summed E-state index contributed by atoms with van der Waals surface area (Å²) in [5, 5.41) is 11.1. The molecule has 0 N–H and O–H groups in total. The second kappa shape index (κ2) is 6.16. The highest BCUT2D eigenvalue weighted by atomic mass is 35.5. The number of hydrogen-bond acceptors (Lipinski definition) is 4. The van der Waals surface area contributed by atoms with E-state index in [1.807, 2.05) is 0 Å². The molecule has 0 aliphatic carbocycles. The first kappa shape index (κ1) is 14.0. The minimum atomic E-state index is -0.515. The molecule has 6 heteroatoms. The number of rotatable bonds is 5. The maximum atomic E-state index is 11.8. The second-order valence-electron chi connectivity index (χ2n) is 3.97. The minimum Gasteiger partial charge on any atom is -0.485 e. The van der Waals surface area contributed by atoms with Crippen molar-refractivity contribution >= 4 is 23.1 Å². The number of benzene rings is 2. The van der Waals surface area contributed by atoms with Gasteiger partial charge in [0, 0.05) is 22.7 Å². The first-order chi connectivity index (χ1) is 9.56. The third-order valence-corrected chi connectivity index (χ3v) is 2.84. The Bertz CT molecular complexity index is 623. The number of hydrogen-bond donors (Lipinski definition) is 0. The van der Waals surface area contributed by atoms with Gasteiger partial charge in [0.15, 0.2) is 12.4 Å². The van der Waals surface area contributed by atoms with Crippen molar-refractivity contribution in [2.45, 2.75) is 0 Å². The molecule has 0 heterocycles. The molecule has 2 aromatic carbocycles. The SMILES string of the molecule is O=C(COc1ccc(Cl)cc1)c1ccc([N+](=O)[O-])cc1. The average molecular weight is 292 g/mol. The van der Waals surface area contributed by atoms with Crippen molar-refractivity contribution in [1.82, 2.24) is 0 Å². The molecule has 0 aliphatic heterocycles. The predicted octanol–water partition coefficient (Wildman–Crippen LogP) is 3.51. The fourth-order valence-corrected chi connectivity index (χ4v) is 1.66. The summed E-state index contributed by atoms with van der Waals surface area (Å²) in [6, 6.07) is 12.0. The standard InChI is InChI=1S/C14H10ClNO4/c15-11-3-7-13(8-4-11)20-9-14(17)10-1-5-12(6-2-10)16(18)19/h1-8H,9H2. The summed E-state index contributed by atoms with van der Waals surface area (Å²) in [6.45, 7) is -0.139. The fourth-order valence-electron chi connectivity index (χ4n) is 1.53. The number of non-ortho nitro benzene ring substituents is 1. The molecule has 5 nitrogen and oxygen atoms in total. The van der Waals surface area contributed by atoms with Crippen LogP contribution in [0.3, 0.4) is 0 Å². The van der Waals surface area contributed by atoms with E-state index in [-0.39, 0.29) is 18.1 Å². The zero-order valence-electron chi connectivity index (χ0n) is 10.3. The van der Waals surface area contributed by atoms with Gasteiger partial charge >= 0.3 is 0 Å². The van der Waals surface area contributed by atoms with E-state index in [1.165, 1.54) is 24.3 Å². The first-order valence-corrected chi connectivity index (χ1v) is 6.10. The van der Waals surface area contributed by atoms with Gasteiger partial charge in [0.05, 0.1) is 4.92 Å². The normalized spacial score (nSPS) is 10.1. The lowest BCUT2D eigenvalue weighted by molar-refractivity contribution is -0.384. The quantitative estimate of drug-likeness (QED) is 0.480. The van der Waals surface area contributed by atoms with E-state index in [9.17, 15) is 14.9 Å². The van der Waals surface area contributed by atoms with Crippen LogP contribution in [-0.4, -0.2) is 17.3 Å². The number of nitro groups is 1. The molecule has 0 saturated heterocycles. The van der Waals surface area contributed by atoms with Gasteiger partial charge in [-0.1, -0.05) is 11.6 Å². The van der Waals surface area contributed by atoms with Crippen molar-refractivity contribution in [3.8, 4) is 5.75 Å². The molecule has 0 aliphatic rings. The molecular formula is C14H10ClNO4. The summed E-state index contributed by atoms with van der Waals surface area (Å²) in [4.78, 5) is 21.8. The van der Waals surface area contributed by atoms with Crippen LogP contribution in [-0.2, 0) is 0 Å². The Kier molecular flexibility index (Phi) is 4.32. The highest BCUT2D eigenvalue weighted by molar-refractivity contribution is 6.30. The van der Waals surface area contributed by atoms with Gasteiger partial charge in [-0.25, -0.2) is 0 Å². The van der Waals surface area contributed by atoms with Crippen LogP contribution in [0.15, 0.2) is 48.5 Å². The molecule has 2 aromatic rings. The van der Waals surface area contributed by atoms with Crippen LogP contribution in [0.2, 0.25) is 5.02 Å². The Labute approximate surface area is 119 Å². The van der Waals surface area contributed by atoms with Crippen LogP contribution in [0.5, 0.6) is 5.75 Å². The van der Waals surface area contributed by atoms with Crippen molar-refractivity contribution in [2.24, 2.45) is 0 Å². The third-order valence-electron chi connectivity index (χ3n) is 2.58. The molecule has 0 atom stereocenters. The zero-order chi connectivity index (χ0) is 14.5. The highest BCUT2D eigenvalue weighted by Gasteiger charge is 2.10. The smallest absolute Gasteiger partial charge is 0.269 e. The number of Topliss-reactive ketones (excluding diaryl/α,β-unsaturated/α-hetero) is 1. The van der Waals surface area contributed by atoms with E-state index >= 15 is 0 Å². The maximum absolute atomic E-state index is 11.8. The molecule has 0 spiro atoms. The Morgan fingerprint density at radius 2 is 1.70 bits per heavy atom. The number of carbonyl (C=O) groups excluding carboxylic acids is 1. The van der Waals surface area contributed by atoms with Crippen molar-refractivity contribution < 1.29 is 14.5 Å². The Morgan fingerprint density at radius 3 is 2.25 bits per heavy atom. The Morgan fingerprint density at radius 1 is 1.10 bits per heavy atom.